The van der Waals surface area contributed by atoms with E-state index in [9.17, 15) is 4.79 Å². The van der Waals surface area contributed by atoms with Gasteiger partial charge >= 0.3 is 0 Å². The van der Waals surface area contributed by atoms with Crippen molar-refractivity contribution in [1.29, 1.82) is 0 Å². The number of ether oxygens (including phenoxy) is 1. The van der Waals surface area contributed by atoms with Crippen molar-refractivity contribution in [2.75, 3.05) is 11.9 Å². The first-order chi connectivity index (χ1) is 8.74. The van der Waals surface area contributed by atoms with Crippen molar-refractivity contribution in [2.24, 2.45) is 0 Å². The summed E-state index contributed by atoms with van der Waals surface area (Å²) in [5, 5.41) is 3.31. The van der Waals surface area contributed by atoms with E-state index >= 15 is 0 Å². The second-order valence-corrected chi connectivity index (χ2v) is 4.10. The summed E-state index contributed by atoms with van der Waals surface area (Å²) in [7, 11) is 0. The summed E-state index contributed by atoms with van der Waals surface area (Å²) >= 11 is 5.81. The highest BCUT2D eigenvalue weighted by Gasteiger charge is 2.03. The van der Waals surface area contributed by atoms with Crippen molar-refractivity contribution in [3.8, 4) is 5.75 Å². The second-order valence-electron chi connectivity index (χ2n) is 3.66. The van der Waals surface area contributed by atoms with E-state index in [0.29, 0.717) is 10.8 Å². The monoisotopic (exact) mass is 261 g/mol. The van der Waals surface area contributed by atoms with Gasteiger partial charge in [0, 0.05) is 10.7 Å². The average Bonchev–Trinajstić information content (AvgIpc) is 2.38. The number of halogens is 1. The highest BCUT2D eigenvalue weighted by atomic mass is 35.5. The van der Waals surface area contributed by atoms with Crippen molar-refractivity contribution in [2.45, 2.75) is 0 Å². The SMILES string of the molecule is O=C(COc1cccc(Cl)c1)Nc1ccccc1. The summed E-state index contributed by atoms with van der Waals surface area (Å²) in [6, 6.07) is 16.2. The molecule has 0 aromatic heterocycles. The highest BCUT2D eigenvalue weighted by Crippen LogP contribution is 2.17. The minimum absolute atomic E-state index is 0.0464. The van der Waals surface area contributed by atoms with Gasteiger partial charge in [-0.2, -0.15) is 0 Å². The van der Waals surface area contributed by atoms with E-state index in [4.69, 9.17) is 16.3 Å². The van der Waals surface area contributed by atoms with Crippen LogP contribution in [0, 0.1) is 0 Å². The van der Waals surface area contributed by atoms with Crippen LogP contribution in [0.15, 0.2) is 54.6 Å². The summed E-state index contributed by atoms with van der Waals surface area (Å²) in [5.41, 5.74) is 0.747. The first-order valence-electron chi connectivity index (χ1n) is 5.47. The van der Waals surface area contributed by atoms with Crippen LogP contribution >= 0.6 is 11.6 Å². The van der Waals surface area contributed by atoms with Gasteiger partial charge in [0.2, 0.25) is 0 Å². The van der Waals surface area contributed by atoms with Crippen molar-refractivity contribution in [3.63, 3.8) is 0 Å². The van der Waals surface area contributed by atoms with Gasteiger partial charge < -0.3 is 10.1 Å². The molecule has 0 aliphatic rings. The fourth-order valence-electron chi connectivity index (χ4n) is 1.42. The standard InChI is InChI=1S/C14H12ClNO2/c15-11-5-4-8-13(9-11)18-10-14(17)16-12-6-2-1-3-7-12/h1-9H,10H2,(H,16,17). The molecule has 0 heterocycles. The first-order valence-corrected chi connectivity index (χ1v) is 5.85. The number of carbonyl (C=O) groups excluding carboxylic acids is 1. The molecule has 0 spiro atoms. The molecule has 0 aliphatic heterocycles. The molecule has 0 atom stereocenters. The lowest BCUT2D eigenvalue weighted by atomic mass is 10.3. The van der Waals surface area contributed by atoms with Gasteiger partial charge in [-0.3, -0.25) is 4.79 Å². The number of para-hydroxylation sites is 1. The zero-order valence-corrected chi connectivity index (χ0v) is 10.4. The predicted octanol–water partition coefficient (Wildman–Crippen LogP) is 3.36. The number of benzene rings is 2. The second kappa shape index (κ2) is 6.07. The summed E-state index contributed by atoms with van der Waals surface area (Å²) in [6.45, 7) is -0.0464. The van der Waals surface area contributed by atoms with Crippen LogP contribution in [0.3, 0.4) is 0 Å². The van der Waals surface area contributed by atoms with Crippen LogP contribution in [-0.4, -0.2) is 12.5 Å². The fourth-order valence-corrected chi connectivity index (χ4v) is 1.60. The maximum Gasteiger partial charge on any atom is 0.262 e. The van der Waals surface area contributed by atoms with Crippen LogP contribution in [0.2, 0.25) is 5.02 Å². The third-order valence-electron chi connectivity index (χ3n) is 2.22. The Kier molecular flexibility index (Phi) is 4.20. The fraction of sp³-hybridized carbons (Fsp3) is 0.0714. The molecule has 0 radical (unpaired) electrons. The van der Waals surface area contributed by atoms with Crippen molar-refractivity contribution < 1.29 is 9.53 Å². The minimum atomic E-state index is -0.207. The Balaban J connectivity index is 1.85. The molecule has 1 N–H and O–H groups in total. The van der Waals surface area contributed by atoms with E-state index < -0.39 is 0 Å². The summed E-state index contributed by atoms with van der Waals surface area (Å²) in [5.74, 6) is 0.367. The van der Waals surface area contributed by atoms with Crippen LogP contribution in [0.1, 0.15) is 0 Å². The average molecular weight is 262 g/mol. The number of anilines is 1. The molecule has 1 amide bonds. The van der Waals surface area contributed by atoms with E-state index in [2.05, 4.69) is 5.32 Å². The van der Waals surface area contributed by atoms with Gasteiger partial charge in [0.1, 0.15) is 5.75 Å². The van der Waals surface area contributed by atoms with Crippen LogP contribution < -0.4 is 10.1 Å². The minimum Gasteiger partial charge on any atom is -0.484 e. The first kappa shape index (κ1) is 12.5. The molecule has 2 rings (SSSR count). The highest BCUT2D eigenvalue weighted by molar-refractivity contribution is 6.30. The lowest BCUT2D eigenvalue weighted by Crippen LogP contribution is -2.20. The largest absolute Gasteiger partial charge is 0.484 e. The van der Waals surface area contributed by atoms with Gasteiger partial charge in [-0.25, -0.2) is 0 Å². The Bertz CT molecular complexity index is 528. The predicted molar refractivity (Wildman–Crippen MR) is 72.0 cm³/mol. The molecule has 18 heavy (non-hydrogen) atoms. The zero-order chi connectivity index (χ0) is 12.8. The van der Waals surface area contributed by atoms with Gasteiger partial charge in [0.05, 0.1) is 0 Å². The van der Waals surface area contributed by atoms with E-state index in [1.54, 1.807) is 24.3 Å². The Morgan fingerprint density at radius 1 is 1.11 bits per heavy atom. The molecule has 0 saturated heterocycles. The number of amides is 1. The molecule has 2 aromatic carbocycles. The molecule has 0 unspecified atom stereocenters. The van der Waals surface area contributed by atoms with Gasteiger partial charge in [-0.1, -0.05) is 35.9 Å². The number of hydrogen-bond acceptors (Lipinski definition) is 2. The maximum atomic E-state index is 11.6. The lowest BCUT2D eigenvalue weighted by molar-refractivity contribution is -0.118. The number of carbonyl (C=O) groups is 1. The van der Waals surface area contributed by atoms with Crippen LogP contribution in [0.5, 0.6) is 5.75 Å². The van der Waals surface area contributed by atoms with Crippen molar-refractivity contribution in [1.82, 2.24) is 0 Å². The Morgan fingerprint density at radius 2 is 1.89 bits per heavy atom. The third kappa shape index (κ3) is 3.79. The molecule has 4 heteroatoms. The Hall–Kier alpha value is -2.00. The molecule has 2 aromatic rings. The lowest BCUT2D eigenvalue weighted by Gasteiger charge is -2.07. The molecular weight excluding hydrogens is 250 g/mol. The van der Waals surface area contributed by atoms with Gasteiger partial charge in [0.15, 0.2) is 6.61 Å². The van der Waals surface area contributed by atoms with Crippen LogP contribution in [-0.2, 0) is 4.79 Å². The number of nitrogens with one attached hydrogen (secondary N) is 1. The smallest absolute Gasteiger partial charge is 0.262 e. The van der Waals surface area contributed by atoms with E-state index in [1.807, 2.05) is 30.3 Å². The quantitative estimate of drug-likeness (QED) is 0.917. The molecule has 92 valence electrons. The third-order valence-corrected chi connectivity index (χ3v) is 2.46. The summed E-state index contributed by atoms with van der Waals surface area (Å²) in [4.78, 5) is 11.6. The van der Waals surface area contributed by atoms with Crippen molar-refractivity contribution >= 4 is 23.2 Å². The Morgan fingerprint density at radius 3 is 2.61 bits per heavy atom. The number of hydrogen-bond donors (Lipinski definition) is 1. The topological polar surface area (TPSA) is 38.3 Å². The van der Waals surface area contributed by atoms with Gasteiger partial charge in [-0.05, 0) is 30.3 Å². The van der Waals surface area contributed by atoms with Gasteiger partial charge in [-0.15, -0.1) is 0 Å². The van der Waals surface area contributed by atoms with E-state index in [1.165, 1.54) is 0 Å². The van der Waals surface area contributed by atoms with Gasteiger partial charge in [0.25, 0.3) is 5.91 Å². The Labute approximate surface area is 110 Å². The summed E-state index contributed by atoms with van der Waals surface area (Å²) < 4.78 is 5.32. The molecular formula is C14H12ClNO2. The molecule has 0 fully saturated rings. The molecule has 0 bridgehead atoms. The van der Waals surface area contributed by atoms with Crippen LogP contribution in [0.4, 0.5) is 5.69 Å². The zero-order valence-electron chi connectivity index (χ0n) is 9.60. The normalized spacial score (nSPS) is 9.83. The summed E-state index contributed by atoms with van der Waals surface area (Å²) in [6.07, 6.45) is 0. The molecule has 3 nitrogen and oxygen atoms in total. The van der Waals surface area contributed by atoms with E-state index in [-0.39, 0.29) is 12.5 Å². The van der Waals surface area contributed by atoms with E-state index in [0.717, 1.165) is 5.69 Å². The van der Waals surface area contributed by atoms with Crippen LogP contribution in [0.25, 0.3) is 0 Å². The maximum absolute atomic E-state index is 11.6. The molecule has 0 saturated carbocycles. The van der Waals surface area contributed by atoms with Crippen molar-refractivity contribution in [3.05, 3.63) is 59.6 Å². The number of rotatable bonds is 4. The molecule has 0 aliphatic carbocycles.